The normalized spacial score (nSPS) is 9.62. The third-order valence-electron chi connectivity index (χ3n) is 1.11. The van der Waals surface area contributed by atoms with Crippen molar-refractivity contribution in [1.29, 1.82) is 0 Å². The molecule has 0 bridgehead atoms. The van der Waals surface area contributed by atoms with Crippen LogP contribution in [0.15, 0.2) is 0 Å². The molecule has 46 valence electrons. The van der Waals surface area contributed by atoms with Crippen LogP contribution in [-0.4, -0.2) is 19.6 Å². The number of rotatable bonds is 5. The van der Waals surface area contributed by atoms with Crippen molar-refractivity contribution >= 4 is 7.85 Å². The first-order valence-corrected chi connectivity index (χ1v) is 3.22. The molecule has 0 aliphatic rings. The summed E-state index contributed by atoms with van der Waals surface area (Å²) in [5.41, 5.74) is 0. The predicted octanol–water partition coefficient (Wildman–Crippen LogP) is 1.13. The molecule has 0 aromatic rings. The van der Waals surface area contributed by atoms with Crippen molar-refractivity contribution in [2.75, 3.05) is 6.61 Å². The predicted molar refractivity (Wildman–Crippen MR) is 36.1 cm³/mol. The highest BCUT2D eigenvalue weighted by atomic mass is 16.2. The third-order valence-corrected chi connectivity index (χ3v) is 1.11. The highest BCUT2D eigenvalue weighted by Crippen LogP contribution is 1.99. The van der Waals surface area contributed by atoms with E-state index in [0.29, 0.717) is 6.61 Å². The van der Waals surface area contributed by atoms with E-state index in [4.69, 9.17) is 13.0 Å². The summed E-state index contributed by atoms with van der Waals surface area (Å²) in [5.74, 6) is 0. The van der Waals surface area contributed by atoms with E-state index < -0.39 is 0 Å². The fraction of sp³-hybridized carbons (Fsp3) is 1.00. The van der Waals surface area contributed by atoms with E-state index in [1.54, 1.807) is 0 Å². The van der Waals surface area contributed by atoms with Gasteiger partial charge in [-0.05, 0) is 6.42 Å². The second-order valence-corrected chi connectivity index (χ2v) is 1.93. The Morgan fingerprint density at radius 3 is 2.12 bits per heavy atom. The van der Waals surface area contributed by atoms with Gasteiger partial charge < -0.3 is 5.11 Å². The minimum Gasteiger partial charge on any atom is -0.396 e. The summed E-state index contributed by atoms with van der Waals surface area (Å²) in [6.07, 6.45) is 5.09. The molecular formula is C6H13BO. The fourth-order valence-electron chi connectivity index (χ4n) is 0.610. The Morgan fingerprint density at radius 2 is 1.62 bits per heavy atom. The Balaban J connectivity index is 2.53. The molecule has 0 aromatic heterocycles. The van der Waals surface area contributed by atoms with Crippen LogP contribution in [-0.2, 0) is 0 Å². The standard InChI is InChI=1S/C6H13BO/c7-5-3-1-2-4-6-8/h8H,1-6H2. The molecule has 0 spiro atoms. The second kappa shape index (κ2) is 7.02. The molecule has 8 heavy (non-hydrogen) atoms. The maximum Gasteiger partial charge on any atom is 0.0653 e. The van der Waals surface area contributed by atoms with Crippen LogP contribution in [0.4, 0.5) is 0 Å². The molecule has 0 amide bonds. The van der Waals surface area contributed by atoms with Gasteiger partial charge in [0.25, 0.3) is 0 Å². The van der Waals surface area contributed by atoms with Gasteiger partial charge in [0.1, 0.15) is 0 Å². The molecule has 0 unspecified atom stereocenters. The van der Waals surface area contributed by atoms with Crippen molar-refractivity contribution in [1.82, 2.24) is 0 Å². The molecule has 0 atom stereocenters. The summed E-state index contributed by atoms with van der Waals surface area (Å²) in [4.78, 5) is 0. The van der Waals surface area contributed by atoms with Gasteiger partial charge in [-0.3, -0.25) is 0 Å². The quantitative estimate of drug-likeness (QED) is 0.417. The van der Waals surface area contributed by atoms with Gasteiger partial charge in [0.2, 0.25) is 0 Å². The monoisotopic (exact) mass is 112 g/mol. The topological polar surface area (TPSA) is 20.2 Å². The van der Waals surface area contributed by atoms with Crippen molar-refractivity contribution < 1.29 is 5.11 Å². The summed E-state index contributed by atoms with van der Waals surface area (Å²) < 4.78 is 0. The zero-order chi connectivity index (χ0) is 6.24. The Hall–Kier alpha value is 0.0249. The van der Waals surface area contributed by atoms with Crippen LogP contribution in [0.3, 0.4) is 0 Å². The van der Waals surface area contributed by atoms with E-state index in [1.807, 2.05) is 0 Å². The number of hydrogen-bond acceptors (Lipinski definition) is 1. The maximum atomic E-state index is 8.33. The maximum absolute atomic E-state index is 8.33. The van der Waals surface area contributed by atoms with Crippen LogP contribution >= 0.6 is 0 Å². The van der Waals surface area contributed by atoms with Gasteiger partial charge in [-0.2, -0.15) is 0 Å². The minimum atomic E-state index is 0.324. The number of unbranched alkanes of at least 4 members (excludes halogenated alkanes) is 3. The van der Waals surface area contributed by atoms with Crippen molar-refractivity contribution in [3.63, 3.8) is 0 Å². The highest BCUT2D eigenvalue weighted by molar-refractivity contribution is 6.08. The van der Waals surface area contributed by atoms with Crippen LogP contribution in [0, 0.1) is 0 Å². The molecule has 0 heterocycles. The first-order chi connectivity index (χ1) is 3.91. The van der Waals surface area contributed by atoms with Crippen LogP contribution in [0.2, 0.25) is 6.32 Å². The Bertz CT molecular complexity index is 33.5. The summed E-state index contributed by atoms with van der Waals surface area (Å²) >= 11 is 0. The SMILES string of the molecule is [B]CCCCCCO. The van der Waals surface area contributed by atoms with E-state index in [2.05, 4.69) is 0 Å². The van der Waals surface area contributed by atoms with Gasteiger partial charge in [0, 0.05) is 6.61 Å². The average molecular weight is 112 g/mol. The van der Waals surface area contributed by atoms with Gasteiger partial charge in [-0.25, -0.2) is 0 Å². The molecule has 1 N–H and O–H groups in total. The molecule has 0 aliphatic carbocycles. The molecular weight excluding hydrogens is 98.9 g/mol. The Labute approximate surface area is 52.5 Å². The van der Waals surface area contributed by atoms with Crippen molar-refractivity contribution in [2.24, 2.45) is 0 Å². The third kappa shape index (κ3) is 6.02. The molecule has 0 aromatic carbocycles. The lowest BCUT2D eigenvalue weighted by Crippen LogP contribution is -1.82. The van der Waals surface area contributed by atoms with Gasteiger partial charge in [-0.15, -0.1) is 0 Å². The van der Waals surface area contributed by atoms with E-state index >= 15 is 0 Å². The van der Waals surface area contributed by atoms with E-state index in [9.17, 15) is 0 Å². The van der Waals surface area contributed by atoms with Gasteiger partial charge >= 0.3 is 0 Å². The smallest absolute Gasteiger partial charge is 0.0653 e. The Kier molecular flexibility index (Phi) is 7.05. The van der Waals surface area contributed by atoms with E-state index in [0.717, 1.165) is 32.0 Å². The van der Waals surface area contributed by atoms with Crippen LogP contribution in [0.5, 0.6) is 0 Å². The van der Waals surface area contributed by atoms with Crippen molar-refractivity contribution in [3.8, 4) is 0 Å². The Morgan fingerprint density at radius 1 is 1.00 bits per heavy atom. The number of aliphatic hydroxyl groups excluding tert-OH is 1. The molecule has 1 nitrogen and oxygen atoms in total. The molecule has 0 saturated carbocycles. The van der Waals surface area contributed by atoms with Crippen LogP contribution in [0.1, 0.15) is 25.7 Å². The largest absolute Gasteiger partial charge is 0.396 e. The van der Waals surface area contributed by atoms with E-state index in [-0.39, 0.29) is 0 Å². The zero-order valence-electron chi connectivity index (χ0n) is 5.27. The summed E-state index contributed by atoms with van der Waals surface area (Å²) in [5, 5.41) is 8.33. The van der Waals surface area contributed by atoms with Crippen LogP contribution < -0.4 is 0 Å². The highest BCUT2D eigenvalue weighted by Gasteiger charge is 1.83. The van der Waals surface area contributed by atoms with Gasteiger partial charge in [0.15, 0.2) is 0 Å². The fourth-order valence-corrected chi connectivity index (χ4v) is 0.610. The molecule has 0 saturated heterocycles. The molecule has 2 heteroatoms. The van der Waals surface area contributed by atoms with Crippen LogP contribution in [0.25, 0.3) is 0 Å². The molecule has 0 aliphatic heterocycles. The second-order valence-electron chi connectivity index (χ2n) is 1.93. The minimum absolute atomic E-state index is 0.324. The van der Waals surface area contributed by atoms with Gasteiger partial charge in [0.05, 0.1) is 7.85 Å². The van der Waals surface area contributed by atoms with E-state index in [1.165, 1.54) is 0 Å². The zero-order valence-corrected chi connectivity index (χ0v) is 5.27. The van der Waals surface area contributed by atoms with Crippen molar-refractivity contribution in [3.05, 3.63) is 0 Å². The molecule has 0 fully saturated rings. The first kappa shape index (κ1) is 8.02. The average Bonchev–Trinajstić information content (AvgIpc) is 1.81. The first-order valence-electron chi connectivity index (χ1n) is 3.22. The molecule has 0 rings (SSSR count). The number of aliphatic hydroxyl groups is 1. The van der Waals surface area contributed by atoms with Gasteiger partial charge in [-0.1, -0.05) is 25.6 Å². The summed E-state index contributed by atoms with van der Waals surface area (Å²) in [7, 11) is 5.25. The summed E-state index contributed by atoms with van der Waals surface area (Å²) in [6.45, 7) is 0.324. The lowest BCUT2D eigenvalue weighted by molar-refractivity contribution is 0.283. The summed E-state index contributed by atoms with van der Waals surface area (Å²) in [6, 6.07) is 0. The van der Waals surface area contributed by atoms with Crippen molar-refractivity contribution in [2.45, 2.75) is 32.0 Å². The lowest BCUT2D eigenvalue weighted by Gasteiger charge is -1.93. The number of hydrogen-bond donors (Lipinski definition) is 1. The lowest BCUT2D eigenvalue weighted by atomic mass is 9.99. The molecule has 2 radical (unpaired) electrons.